The lowest BCUT2D eigenvalue weighted by atomic mass is 10.1. The molecule has 0 spiro atoms. The second kappa shape index (κ2) is 6.44. The lowest BCUT2D eigenvalue weighted by Gasteiger charge is -2.07. The van der Waals surface area contributed by atoms with Crippen molar-refractivity contribution in [3.63, 3.8) is 0 Å². The summed E-state index contributed by atoms with van der Waals surface area (Å²) in [7, 11) is 3.55. The van der Waals surface area contributed by atoms with Crippen molar-refractivity contribution >= 4 is 12.0 Å². The zero-order valence-corrected chi connectivity index (χ0v) is 13.4. The molecule has 0 unspecified atom stereocenters. The largest absolute Gasteiger partial charge is 0.369 e. The number of aryl methyl sites for hydroxylation is 1. The molecule has 1 aromatic carbocycles. The third kappa shape index (κ3) is 3.13. The van der Waals surface area contributed by atoms with E-state index >= 15 is 0 Å². The van der Waals surface area contributed by atoms with Crippen molar-refractivity contribution in [2.24, 2.45) is 4.99 Å². The second-order valence-corrected chi connectivity index (χ2v) is 5.13. The maximum Gasteiger partial charge on any atom is 0.350 e. The number of aliphatic imine (C=N–C) groups is 1. The van der Waals surface area contributed by atoms with Gasteiger partial charge >= 0.3 is 5.69 Å². The van der Waals surface area contributed by atoms with Crippen LogP contribution < -0.4 is 5.69 Å². The van der Waals surface area contributed by atoms with Crippen LogP contribution in [0, 0.1) is 24.1 Å². The van der Waals surface area contributed by atoms with Gasteiger partial charge in [0.1, 0.15) is 17.6 Å². The predicted molar refractivity (Wildman–Crippen MR) is 84.7 cm³/mol. The summed E-state index contributed by atoms with van der Waals surface area (Å²) < 4.78 is 16.7. The third-order valence-electron chi connectivity index (χ3n) is 3.21. The normalized spacial score (nSPS) is 11.0. The number of rotatable bonds is 4. The van der Waals surface area contributed by atoms with Crippen molar-refractivity contribution < 1.29 is 4.39 Å². The van der Waals surface area contributed by atoms with Crippen LogP contribution in [0.1, 0.15) is 18.3 Å². The lowest BCUT2D eigenvalue weighted by Crippen LogP contribution is -2.24. The molecule has 0 saturated carbocycles. The zero-order chi connectivity index (χ0) is 17.1. The SMILES string of the molecule is CCn1c(C)nn(-c2cc(N=CN(C)C)c(C#N)cc2F)c1=O. The highest BCUT2D eigenvalue weighted by atomic mass is 19.1. The van der Waals surface area contributed by atoms with Crippen LogP contribution in [0.3, 0.4) is 0 Å². The Kier molecular flexibility index (Phi) is 4.60. The molecule has 2 rings (SSSR count). The summed E-state index contributed by atoms with van der Waals surface area (Å²) in [5.74, 6) is -0.215. The standard InChI is InChI=1S/C15H17FN6O/c1-5-21-10(2)19-22(15(21)23)14-7-13(18-9-20(3)4)11(8-17)6-12(14)16/h6-7,9H,5H2,1-4H3. The summed E-state index contributed by atoms with van der Waals surface area (Å²) in [6.45, 7) is 3.92. The average Bonchev–Trinajstić information content (AvgIpc) is 2.79. The van der Waals surface area contributed by atoms with Gasteiger partial charge in [-0.2, -0.15) is 15.0 Å². The predicted octanol–water partition coefficient (Wildman–Crippen LogP) is 1.59. The van der Waals surface area contributed by atoms with Gasteiger partial charge in [-0.15, -0.1) is 0 Å². The number of benzene rings is 1. The minimum absolute atomic E-state index is 0.0322. The molecule has 0 aliphatic heterocycles. The smallest absolute Gasteiger partial charge is 0.350 e. The van der Waals surface area contributed by atoms with Crippen molar-refractivity contribution in [3.05, 3.63) is 39.8 Å². The molecule has 0 N–H and O–H groups in total. The Morgan fingerprint density at radius 2 is 2.17 bits per heavy atom. The van der Waals surface area contributed by atoms with Crippen molar-refractivity contribution in [2.75, 3.05) is 14.1 Å². The van der Waals surface area contributed by atoms with Gasteiger partial charge in [0.05, 0.1) is 17.6 Å². The summed E-state index contributed by atoms with van der Waals surface area (Å²) >= 11 is 0. The van der Waals surface area contributed by atoms with Crippen molar-refractivity contribution in [1.82, 2.24) is 19.2 Å². The van der Waals surface area contributed by atoms with E-state index in [0.717, 1.165) is 10.7 Å². The first kappa shape index (κ1) is 16.4. The molecule has 120 valence electrons. The minimum atomic E-state index is -0.701. The van der Waals surface area contributed by atoms with E-state index in [1.165, 1.54) is 17.0 Å². The molecule has 23 heavy (non-hydrogen) atoms. The van der Waals surface area contributed by atoms with Crippen LogP contribution in [-0.4, -0.2) is 39.7 Å². The van der Waals surface area contributed by atoms with Gasteiger partial charge in [0.25, 0.3) is 0 Å². The molecule has 0 amide bonds. The van der Waals surface area contributed by atoms with E-state index < -0.39 is 11.5 Å². The van der Waals surface area contributed by atoms with E-state index in [9.17, 15) is 9.18 Å². The fourth-order valence-corrected chi connectivity index (χ4v) is 2.10. The first-order valence-electron chi connectivity index (χ1n) is 7.00. The van der Waals surface area contributed by atoms with Gasteiger partial charge in [-0.25, -0.2) is 14.2 Å². The molecular weight excluding hydrogens is 299 g/mol. The van der Waals surface area contributed by atoms with E-state index in [4.69, 9.17) is 5.26 Å². The molecule has 0 aliphatic rings. The van der Waals surface area contributed by atoms with E-state index in [2.05, 4.69) is 10.1 Å². The molecule has 0 radical (unpaired) electrons. The van der Waals surface area contributed by atoms with Gasteiger partial charge in [-0.05, 0) is 26.0 Å². The van der Waals surface area contributed by atoms with Gasteiger partial charge in [-0.1, -0.05) is 0 Å². The zero-order valence-electron chi connectivity index (χ0n) is 13.4. The van der Waals surface area contributed by atoms with Gasteiger partial charge in [-0.3, -0.25) is 4.57 Å². The summed E-state index contributed by atoms with van der Waals surface area (Å²) in [6, 6.07) is 4.30. The van der Waals surface area contributed by atoms with E-state index in [-0.39, 0.29) is 16.9 Å². The number of halogens is 1. The quantitative estimate of drug-likeness (QED) is 0.634. The van der Waals surface area contributed by atoms with Crippen LogP contribution in [0.25, 0.3) is 5.69 Å². The van der Waals surface area contributed by atoms with Gasteiger partial charge in [0.15, 0.2) is 5.82 Å². The van der Waals surface area contributed by atoms with Crippen LogP contribution in [0.2, 0.25) is 0 Å². The molecule has 0 fully saturated rings. The number of hydrogen-bond acceptors (Lipinski definition) is 4. The maximum atomic E-state index is 14.3. The van der Waals surface area contributed by atoms with E-state index in [1.807, 2.05) is 13.0 Å². The van der Waals surface area contributed by atoms with E-state index in [0.29, 0.717) is 12.4 Å². The molecule has 0 saturated heterocycles. The Hall–Kier alpha value is -2.95. The Balaban J connectivity index is 2.67. The van der Waals surface area contributed by atoms with Crippen LogP contribution in [0.4, 0.5) is 10.1 Å². The highest BCUT2D eigenvalue weighted by Gasteiger charge is 2.16. The fraction of sp³-hybridized carbons (Fsp3) is 0.333. The molecule has 1 aromatic heterocycles. The highest BCUT2D eigenvalue weighted by molar-refractivity contribution is 5.67. The van der Waals surface area contributed by atoms with Crippen molar-refractivity contribution in [2.45, 2.75) is 20.4 Å². The molecule has 7 nitrogen and oxygen atoms in total. The number of aromatic nitrogens is 3. The fourth-order valence-electron chi connectivity index (χ4n) is 2.10. The van der Waals surface area contributed by atoms with Crippen LogP contribution >= 0.6 is 0 Å². The third-order valence-corrected chi connectivity index (χ3v) is 3.21. The molecule has 2 aromatic rings. The minimum Gasteiger partial charge on any atom is -0.369 e. The summed E-state index contributed by atoms with van der Waals surface area (Å²) in [4.78, 5) is 18.1. The maximum absolute atomic E-state index is 14.3. The number of hydrogen-bond donors (Lipinski definition) is 0. The Labute approximate surface area is 132 Å². The molecule has 0 atom stereocenters. The van der Waals surface area contributed by atoms with Gasteiger partial charge in [0, 0.05) is 20.6 Å². The van der Waals surface area contributed by atoms with Crippen molar-refractivity contribution in [1.29, 1.82) is 5.26 Å². The molecule has 1 heterocycles. The Bertz CT molecular complexity index is 856. The molecule has 8 heteroatoms. The monoisotopic (exact) mass is 316 g/mol. The Morgan fingerprint density at radius 3 is 2.70 bits per heavy atom. The first-order valence-corrected chi connectivity index (χ1v) is 7.00. The van der Waals surface area contributed by atoms with Crippen molar-refractivity contribution in [3.8, 4) is 11.8 Å². The van der Waals surface area contributed by atoms with Gasteiger partial charge in [0.2, 0.25) is 0 Å². The average molecular weight is 316 g/mol. The number of nitrogens with zero attached hydrogens (tertiary/aromatic N) is 6. The molecule has 0 aliphatic carbocycles. The van der Waals surface area contributed by atoms with E-state index in [1.54, 1.807) is 25.9 Å². The van der Waals surface area contributed by atoms with Crippen LogP contribution in [0.5, 0.6) is 0 Å². The second-order valence-electron chi connectivity index (χ2n) is 5.13. The Morgan fingerprint density at radius 1 is 1.48 bits per heavy atom. The van der Waals surface area contributed by atoms with Crippen LogP contribution in [0.15, 0.2) is 21.9 Å². The van der Waals surface area contributed by atoms with Crippen LogP contribution in [-0.2, 0) is 6.54 Å². The molecule has 0 bridgehead atoms. The summed E-state index contributed by atoms with van der Waals surface area (Å²) in [6.07, 6.45) is 1.50. The highest BCUT2D eigenvalue weighted by Crippen LogP contribution is 2.24. The summed E-state index contributed by atoms with van der Waals surface area (Å²) in [5, 5.41) is 13.2. The first-order chi connectivity index (χ1) is 10.9. The summed E-state index contributed by atoms with van der Waals surface area (Å²) in [5.41, 5.74) is -0.108. The lowest BCUT2D eigenvalue weighted by molar-refractivity contribution is 0.604. The topological polar surface area (TPSA) is 79.2 Å². The molecular formula is C15H17FN6O. The number of nitriles is 1. The van der Waals surface area contributed by atoms with Gasteiger partial charge < -0.3 is 4.90 Å².